The predicted molar refractivity (Wildman–Crippen MR) is 200 cm³/mol. The van der Waals surface area contributed by atoms with Crippen LogP contribution < -0.4 is 14.4 Å². The molecule has 3 aliphatic heterocycles. The van der Waals surface area contributed by atoms with Crippen LogP contribution in [0.25, 0.3) is 39.0 Å². The van der Waals surface area contributed by atoms with Gasteiger partial charge in [0.1, 0.15) is 23.0 Å². The van der Waals surface area contributed by atoms with Crippen LogP contribution in [0.15, 0.2) is 31.0 Å². The quantitative estimate of drug-likeness (QED) is 0.182. The highest BCUT2D eigenvalue weighted by Gasteiger charge is 2.48. The minimum Gasteiger partial charge on any atom is -0.460 e. The molecule has 1 spiro atoms. The first-order valence-corrected chi connectivity index (χ1v) is 18.4. The average molecular weight is 734 g/mol. The number of nitrogens with one attached hydrogen (secondary N) is 1. The number of carbonyl (C=O) groups is 1. The number of nitrogens with zero attached hydrogens (tertiary/aromatic N) is 6. The Bertz CT molecular complexity index is 1970. The van der Waals surface area contributed by atoms with Crippen LogP contribution in [0, 0.1) is 12.3 Å². The summed E-state index contributed by atoms with van der Waals surface area (Å²) in [5, 5.41) is 8.56. The lowest BCUT2D eigenvalue weighted by Crippen LogP contribution is -2.62. The number of ether oxygens (including phenoxy) is 4. The Hall–Kier alpha value is -4.56. The maximum Gasteiger partial charge on any atom is 0.410 e. The maximum absolute atomic E-state index is 14.5. The fourth-order valence-electron chi connectivity index (χ4n) is 7.94. The molecule has 2 aromatic carbocycles. The van der Waals surface area contributed by atoms with Crippen molar-refractivity contribution in [2.45, 2.75) is 71.7 Å². The zero-order valence-corrected chi connectivity index (χ0v) is 31.2. The van der Waals surface area contributed by atoms with Crippen LogP contribution in [0.4, 0.5) is 19.4 Å². The first-order valence-electron chi connectivity index (χ1n) is 18.4. The molecular formula is C39H49F2N7O5. The number of piperidine rings is 2. The Balaban J connectivity index is 1.28. The molecule has 4 aromatic rings. The average Bonchev–Trinajstić information content (AvgIpc) is 3.58. The molecule has 3 saturated heterocycles. The van der Waals surface area contributed by atoms with Gasteiger partial charge in [-0.25, -0.2) is 4.79 Å². The number of aromatic amines is 1. The molecule has 2 aromatic heterocycles. The Labute approximate surface area is 308 Å². The summed E-state index contributed by atoms with van der Waals surface area (Å²) in [5.74, 6) is 0.528. The third kappa shape index (κ3) is 7.61. The van der Waals surface area contributed by atoms with Gasteiger partial charge in [0.25, 0.3) is 0 Å². The number of anilines is 1. The summed E-state index contributed by atoms with van der Waals surface area (Å²) in [7, 11) is 1.70. The van der Waals surface area contributed by atoms with Gasteiger partial charge in [0.15, 0.2) is 5.75 Å². The predicted octanol–water partition coefficient (Wildman–Crippen LogP) is 7.05. The summed E-state index contributed by atoms with van der Waals surface area (Å²) >= 11 is 0. The van der Waals surface area contributed by atoms with Crippen molar-refractivity contribution in [3.8, 4) is 22.9 Å². The number of aryl methyl sites for hydroxylation is 1. The van der Waals surface area contributed by atoms with Crippen molar-refractivity contribution in [1.82, 2.24) is 30.0 Å². The van der Waals surface area contributed by atoms with Gasteiger partial charge in [0.05, 0.1) is 18.3 Å². The van der Waals surface area contributed by atoms with Gasteiger partial charge >= 0.3 is 18.7 Å². The molecule has 0 bridgehead atoms. The number of H-pyrrole nitrogens is 1. The monoisotopic (exact) mass is 733 g/mol. The summed E-state index contributed by atoms with van der Waals surface area (Å²) < 4.78 is 51.8. The Kier molecular flexibility index (Phi) is 10.2. The van der Waals surface area contributed by atoms with Crippen molar-refractivity contribution in [3.05, 3.63) is 42.1 Å². The first kappa shape index (κ1) is 36.8. The largest absolute Gasteiger partial charge is 0.460 e. The van der Waals surface area contributed by atoms with Gasteiger partial charge in [0.2, 0.25) is 0 Å². The molecule has 1 N–H and O–H groups in total. The smallest absolute Gasteiger partial charge is 0.410 e. The van der Waals surface area contributed by atoms with Crippen molar-refractivity contribution in [2.75, 3.05) is 64.4 Å². The number of aromatic nitrogens is 4. The minimum absolute atomic E-state index is 0.0173. The molecule has 1 amide bonds. The van der Waals surface area contributed by atoms with Crippen LogP contribution in [0.5, 0.6) is 11.8 Å². The second-order valence-electron chi connectivity index (χ2n) is 15.5. The number of hydrogen-bond acceptors (Lipinski definition) is 10. The summed E-state index contributed by atoms with van der Waals surface area (Å²) in [6.45, 7) is 14.2. The summed E-state index contributed by atoms with van der Waals surface area (Å²) in [6, 6.07) is 5.87. The number of alkyl halides is 2. The van der Waals surface area contributed by atoms with Crippen molar-refractivity contribution >= 4 is 39.8 Å². The lowest BCUT2D eigenvalue weighted by Gasteiger charge is -2.53. The summed E-state index contributed by atoms with van der Waals surface area (Å²) in [6.07, 6.45) is 6.08. The van der Waals surface area contributed by atoms with E-state index in [1.165, 1.54) is 0 Å². The van der Waals surface area contributed by atoms with E-state index < -0.39 is 12.2 Å². The number of carbonyl (C=O) groups excluding carboxylic acids is 1. The number of rotatable bonds is 10. The Morgan fingerprint density at radius 1 is 1.09 bits per heavy atom. The standard InChI is InChI=1S/C39H49F2N7O5/c1-7-25-20-27-32(33(52-35(40)41)31(25)30-24(2)8-9-29-28(30)21-42-45-29)43-36(51-26-10-14-46(15-11-26)18-19-50-6)44-34(27)47-16-12-39(13-17-47)22-48(23-39)37(49)53-38(3,4)5/h7-9,20-21,26,35H,1,10-19,22-23H2,2-6H3,(H,42,45). The Morgan fingerprint density at radius 3 is 2.49 bits per heavy atom. The first-order chi connectivity index (χ1) is 25.4. The molecule has 5 heterocycles. The second kappa shape index (κ2) is 14.7. The lowest BCUT2D eigenvalue weighted by molar-refractivity contribution is -0.0486. The number of amides is 1. The number of hydrogen-bond donors (Lipinski definition) is 1. The molecule has 0 aliphatic carbocycles. The zero-order valence-electron chi connectivity index (χ0n) is 31.2. The van der Waals surface area contributed by atoms with Gasteiger partial charge in [0, 0.05) is 74.7 Å². The second-order valence-corrected chi connectivity index (χ2v) is 15.5. The molecular weight excluding hydrogens is 684 g/mol. The van der Waals surface area contributed by atoms with E-state index >= 15 is 0 Å². The van der Waals surface area contributed by atoms with E-state index in [4.69, 9.17) is 28.9 Å². The van der Waals surface area contributed by atoms with Crippen LogP contribution in [-0.4, -0.2) is 114 Å². The van der Waals surface area contributed by atoms with Gasteiger partial charge in [-0.2, -0.15) is 23.8 Å². The van der Waals surface area contributed by atoms with Crippen LogP contribution in [0.1, 0.15) is 57.6 Å². The highest BCUT2D eigenvalue weighted by molar-refractivity contribution is 6.07. The fraction of sp³-hybridized carbons (Fsp3) is 0.538. The van der Waals surface area contributed by atoms with Gasteiger partial charge in [-0.3, -0.25) is 5.10 Å². The SMILES string of the molecule is C=Cc1cc2c(N3CCC4(CC3)CN(C(=O)OC(C)(C)C)C4)nc(OC3CCN(CCOC)CC3)nc2c(OC(F)F)c1-c1c(C)ccc2[nH]ncc12. The van der Waals surface area contributed by atoms with Crippen molar-refractivity contribution < 1.29 is 32.5 Å². The van der Waals surface area contributed by atoms with Crippen LogP contribution in [0.3, 0.4) is 0 Å². The fourth-order valence-corrected chi connectivity index (χ4v) is 7.94. The lowest BCUT2D eigenvalue weighted by atomic mass is 9.72. The number of likely N-dealkylation sites (tertiary alicyclic amines) is 2. The molecule has 0 saturated carbocycles. The molecule has 7 rings (SSSR count). The molecule has 0 atom stereocenters. The van der Waals surface area contributed by atoms with Gasteiger partial charge in [-0.15, -0.1) is 0 Å². The molecule has 284 valence electrons. The van der Waals surface area contributed by atoms with Crippen molar-refractivity contribution in [2.24, 2.45) is 5.41 Å². The molecule has 0 radical (unpaired) electrons. The van der Waals surface area contributed by atoms with E-state index in [-0.39, 0.29) is 34.9 Å². The van der Waals surface area contributed by atoms with Crippen molar-refractivity contribution in [1.29, 1.82) is 0 Å². The number of fused-ring (bicyclic) bond motifs is 2. The molecule has 3 fully saturated rings. The van der Waals surface area contributed by atoms with E-state index in [2.05, 4.69) is 26.6 Å². The highest BCUT2D eigenvalue weighted by Crippen LogP contribution is 2.48. The molecule has 53 heavy (non-hydrogen) atoms. The molecule has 0 unspecified atom stereocenters. The summed E-state index contributed by atoms with van der Waals surface area (Å²) in [5.41, 5.74) is 3.04. The number of benzene rings is 2. The third-order valence-electron chi connectivity index (χ3n) is 10.7. The number of halogens is 2. The van der Waals surface area contributed by atoms with Gasteiger partial charge in [-0.05, 0) is 82.2 Å². The molecule has 14 heteroatoms. The van der Waals surface area contributed by atoms with E-state index in [1.807, 2.05) is 45.9 Å². The topological polar surface area (TPSA) is 118 Å². The third-order valence-corrected chi connectivity index (χ3v) is 10.7. The normalized spacial score (nSPS) is 18.2. The van der Waals surface area contributed by atoms with Crippen LogP contribution in [-0.2, 0) is 9.47 Å². The van der Waals surface area contributed by atoms with E-state index in [0.29, 0.717) is 60.7 Å². The van der Waals surface area contributed by atoms with Crippen LogP contribution in [0.2, 0.25) is 0 Å². The van der Waals surface area contributed by atoms with Crippen molar-refractivity contribution in [3.63, 3.8) is 0 Å². The Morgan fingerprint density at radius 2 is 1.83 bits per heavy atom. The summed E-state index contributed by atoms with van der Waals surface area (Å²) in [4.78, 5) is 28.8. The number of methoxy groups -OCH3 is 1. The van der Waals surface area contributed by atoms with E-state index in [9.17, 15) is 13.6 Å². The van der Waals surface area contributed by atoms with Crippen LogP contribution >= 0.6 is 0 Å². The van der Waals surface area contributed by atoms with Gasteiger partial charge in [-0.1, -0.05) is 18.7 Å². The highest BCUT2D eigenvalue weighted by atomic mass is 19.3. The zero-order chi connectivity index (χ0) is 37.5. The minimum atomic E-state index is -3.12. The van der Waals surface area contributed by atoms with Gasteiger partial charge < -0.3 is 33.6 Å². The maximum atomic E-state index is 14.5. The molecule has 3 aliphatic rings. The van der Waals surface area contributed by atoms with E-state index in [0.717, 1.165) is 61.8 Å². The molecule has 12 nitrogen and oxygen atoms in total. The van der Waals surface area contributed by atoms with E-state index in [1.54, 1.807) is 24.3 Å².